The van der Waals surface area contributed by atoms with Crippen molar-refractivity contribution < 1.29 is 14.6 Å². The number of likely N-dealkylation sites (tertiary alicyclic amines) is 1. The summed E-state index contributed by atoms with van der Waals surface area (Å²) in [7, 11) is 1.69. The quantitative estimate of drug-likeness (QED) is 0.745. The molecule has 3 rings (SSSR count). The van der Waals surface area contributed by atoms with Crippen molar-refractivity contribution in [3.63, 3.8) is 0 Å². The van der Waals surface area contributed by atoms with E-state index in [-0.39, 0.29) is 24.0 Å². The highest BCUT2D eigenvalue weighted by Crippen LogP contribution is 2.41. The van der Waals surface area contributed by atoms with E-state index in [1.54, 1.807) is 7.11 Å². The molecule has 1 heterocycles. The van der Waals surface area contributed by atoms with E-state index in [1.165, 1.54) is 5.56 Å². The minimum Gasteiger partial charge on any atom is -0.396 e. The average molecular weight is 382 g/mol. The highest BCUT2D eigenvalue weighted by Gasteiger charge is 2.41. The molecule has 2 aromatic carbocycles. The molecular weight excluding hydrogens is 350 g/mol. The van der Waals surface area contributed by atoms with Crippen molar-refractivity contribution in [3.8, 4) is 0 Å². The second kappa shape index (κ2) is 9.35. The molecule has 1 N–H and O–H groups in total. The number of nitrogens with zero attached hydrogens (tertiary/aromatic N) is 1. The Kier molecular flexibility index (Phi) is 6.87. The summed E-state index contributed by atoms with van der Waals surface area (Å²) in [6, 6.07) is 18.7. The van der Waals surface area contributed by atoms with Gasteiger partial charge in [-0.05, 0) is 42.9 Å². The van der Waals surface area contributed by atoms with Crippen LogP contribution in [-0.4, -0.2) is 36.2 Å². The van der Waals surface area contributed by atoms with Crippen molar-refractivity contribution in [2.24, 2.45) is 0 Å². The first kappa shape index (κ1) is 20.6. The number of aliphatic hydroxyl groups is 1. The van der Waals surface area contributed by atoms with E-state index >= 15 is 0 Å². The zero-order valence-electron chi connectivity index (χ0n) is 16.9. The lowest BCUT2D eigenvalue weighted by Crippen LogP contribution is -2.47. The highest BCUT2D eigenvalue weighted by atomic mass is 16.5. The maximum absolute atomic E-state index is 13.2. The first-order valence-corrected chi connectivity index (χ1v) is 10.1. The summed E-state index contributed by atoms with van der Waals surface area (Å²) in [5, 5.41) is 9.37. The monoisotopic (exact) mass is 381 g/mol. The molecule has 0 spiro atoms. The van der Waals surface area contributed by atoms with Gasteiger partial charge in [-0.25, -0.2) is 0 Å². The van der Waals surface area contributed by atoms with Crippen molar-refractivity contribution in [3.05, 3.63) is 71.3 Å². The Morgan fingerprint density at radius 3 is 2.46 bits per heavy atom. The Bertz CT molecular complexity index is 759. The Hall–Kier alpha value is -2.17. The molecule has 1 amide bonds. The fraction of sp³-hybridized carbons (Fsp3) is 0.458. The van der Waals surface area contributed by atoms with Gasteiger partial charge in [-0.3, -0.25) is 4.79 Å². The second-order valence-corrected chi connectivity index (χ2v) is 7.84. The Morgan fingerprint density at radius 2 is 1.86 bits per heavy atom. The lowest BCUT2D eigenvalue weighted by atomic mass is 9.69. The van der Waals surface area contributed by atoms with Gasteiger partial charge < -0.3 is 14.7 Å². The van der Waals surface area contributed by atoms with E-state index in [2.05, 4.69) is 43.3 Å². The molecule has 1 saturated heterocycles. The number of carbonyl (C=O) groups excluding carboxylic acids is 1. The van der Waals surface area contributed by atoms with Crippen molar-refractivity contribution >= 4 is 5.91 Å². The summed E-state index contributed by atoms with van der Waals surface area (Å²) in [6.45, 7) is 3.60. The van der Waals surface area contributed by atoms with Crippen LogP contribution in [0.25, 0.3) is 0 Å². The molecular formula is C24H31NO3. The van der Waals surface area contributed by atoms with Gasteiger partial charge in [0.1, 0.15) is 0 Å². The number of rotatable bonds is 8. The molecule has 0 aromatic heterocycles. The fourth-order valence-electron chi connectivity index (χ4n) is 4.40. The predicted molar refractivity (Wildman–Crippen MR) is 111 cm³/mol. The molecule has 2 atom stereocenters. The minimum absolute atomic E-state index is 0.0516. The second-order valence-electron chi connectivity index (χ2n) is 7.84. The number of piperidine rings is 1. The van der Waals surface area contributed by atoms with Crippen LogP contribution in [0.4, 0.5) is 0 Å². The number of aliphatic hydroxyl groups excluding tert-OH is 1. The average Bonchev–Trinajstić information content (AvgIpc) is 2.73. The first-order valence-electron chi connectivity index (χ1n) is 10.1. The van der Waals surface area contributed by atoms with Crippen molar-refractivity contribution in [2.75, 3.05) is 20.3 Å². The predicted octanol–water partition coefficient (Wildman–Crippen LogP) is 4.23. The molecule has 150 valence electrons. The van der Waals surface area contributed by atoms with E-state index in [4.69, 9.17) is 4.74 Å². The fourth-order valence-corrected chi connectivity index (χ4v) is 4.40. The smallest absolute Gasteiger partial charge is 0.223 e. The van der Waals surface area contributed by atoms with Crippen molar-refractivity contribution in [2.45, 2.75) is 50.7 Å². The van der Waals surface area contributed by atoms with Crippen molar-refractivity contribution in [1.29, 1.82) is 0 Å². The summed E-state index contributed by atoms with van der Waals surface area (Å²) in [5.41, 5.74) is 3.33. The number of hydrogen-bond donors (Lipinski definition) is 1. The van der Waals surface area contributed by atoms with E-state index in [9.17, 15) is 9.90 Å². The van der Waals surface area contributed by atoms with E-state index < -0.39 is 0 Å². The zero-order chi connectivity index (χ0) is 20.0. The molecule has 0 radical (unpaired) electrons. The third kappa shape index (κ3) is 4.45. The summed E-state index contributed by atoms with van der Waals surface area (Å²) in [6.07, 6.45) is 2.99. The number of carbonyl (C=O) groups is 1. The van der Waals surface area contributed by atoms with Crippen LogP contribution >= 0.6 is 0 Å². The van der Waals surface area contributed by atoms with Crippen LogP contribution in [0.1, 0.15) is 55.3 Å². The third-order valence-corrected chi connectivity index (χ3v) is 6.08. The number of amides is 1. The lowest BCUT2D eigenvalue weighted by molar-refractivity contribution is -0.138. The SMILES string of the molecule is COCc1ccc([C@H](C)N2CC[C@](CCCO)(c3ccccc3)CC2=O)cc1. The number of ether oxygens (including phenoxy) is 1. The molecule has 0 unspecified atom stereocenters. The van der Waals surface area contributed by atoms with Gasteiger partial charge >= 0.3 is 0 Å². The van der Waals surface area contributed by atoms with Crippen LogP contribution in [-0.2, 0) is 21.6 Å². The molecule has 1 aliphatic rings. The van der Waals surface area contributed by atoms with E-state index in [1.807, 2.05) is 23.1 Å². The first-order chi connectivity index (χ1) is 13.6. The summed E-state index contributed by atoms with van der Waals surface area (Å²) in [4.78, 5) is 15.2. The Labute approximate surface area is 168 Å². The molecule has 1 aliphatic heterocycles. The molecule has 4 nitrogen and oxygen atoms in total. The molecule has 0 saturated carbocycles. The summed E-state index contributed by atoms with van der Waals surface area (Å²) in [5.74, 6) is 0.196. The van der Waals surface area contributed by atoms with Crippen molar-refractivity contribution in [1.82, 2.24) is 4.90 Å². The minimum atomic E-state index is -0.167. The lowest BCUT2D eigenvalue weighted by Gasteiger charge is -2.44. The van der Waals surface area contributed by atoms with E-state index in [0.29, 0.717) is 13.0 Å². The standard InChI is InChI=1S/C24H31NO3/c1-19(21-11-9-20(10-12-21)18-28-2)25-15-14-24(13-6-16-26,17-23(25)27)22-7-4-3-5-8-22/h3-5,7-12,19,26H,6,13-18H2,1-2H3/t19-,24-/m0/s1. The normalized spacial score (nSPS) is 21.0. The maximum Gasteiger partial charge on any atom is 0.223 e. The van der Waals surface area contributed by atoms with Gasteiger partial charge in [-0.15, -0.1) is 0 Å². The maximum atomic E-state index is 13.2. The molecule has 2 aromatic rings. The molecule has 4 heteroatoms. The van der Waals surface area contributed by atoms with Gasteiger partial charge in [0.25, 0.3) is 0 Å². The Morgan fingerprint density at radius 1 is 1.14 bits per heavy atom. The molecule has 28 heavy (non-hydrogen) atoms. The van der Waals surface area contributed by atoms with Crippen LogP contribution in [0.15, 0.2) is 54.6 Å². The molecule has 1 fully saturated rings. The third-order valence-electron chi connectivity index (χ3n) is 6.08. The van der Waals surface area contributed by atoms with Crippen LogP contribution < -0.4 is 0 Å². The van der Waals surface area contributed by atoms with Crippen LogP contribution in [0.3, 0.4) is 0 Å². The van der Waals surface area contributed by atoms with Gasteiger partial charge in [0, 0.05) is 32.1 Å². The van der Waals surface area contributed by atoms with Crippen LogP contribution in [0.2, 0.25) is 0 Å². The van der Waals surface area contributed by atoms with Gasteiger partial charge in [0.15, 0.2) is 0 Å². The van der Waals surface area contributed by atoms with Gasteiger partial charge in [-0.2, -0.15) is 0 Å². The van der Waals surface area contributed by atoms with Crippen LogP contribution in [0.5, 0.6) is 0 Å². The van der Waals surface area contributed by atoms with Gasteiger partial charge in [0.2, 0.25) is 5.91 Å². The topological polar surface area (TPSA) is 49.8 Å². The number of methoxy groups -OCH3 is 1. The zero-order valence-corrected chi connectivity index (χ0v) is 16.9. The number of hydrogen-bond acceptors (Lipinski definition) is 3. The molecule has 0 aliphatic carbocycles. The molecule has 0 bridgehead atoms. The highest BCUT2D eigenvalue weighted by molar-refractivity contribution is 5.79. The van der Waals surface area contributed by atoms with Gasteiger partial charge in [0.05, 0.1) is 12.6 Å². The number of benzene rings is 2. The Balaban J connectivity index is 1.76. The van der Waals surface area contributed by atoms with E-state index in [0.717, 1.165) is 36.9 Å². The largest absolute Gasteiger partial charge is 0.396 e. The van der Waals surface area contributed by atoms with Crippen LogP contribution in [0, 0.1) is 0 Å². The summed E-state index contributed by atoms with van der Waals surface area (Å²) < 4.78 is 5.18. The van der Waals surface area contributed by atoms with Gasteiger partial charge in [-0.1, -0.05) is 54.6 Å². The summed E-state index contributed by atoms with van der Waals surface area (Å²) >= 11 is 0.